The molecular formula is C39H27F12N3O4. The number of hydrogen-bond acceptors (Lipinski definition) is 5. The van der Waals surface area contributed by atoms with E-state index in [1.807, 2.05) is 0 Å². The second-order valence-electron chi connectivity index (χ2n) is 14.1. The van der Waals surface area contributed by atoms with E-state index >= 15 is 26.3 Å². The van der Waals surface area contributed by atoms with Gasteiger partial charge in [-0.2, -0.15) is 52.7 Å². The van der Waals surface area contributed by atoms with Crippen LogP contribution in [0.4, 0.5) is 64.1 Å². The number of halogens is 12. The fraction of sp³-hybridized carbons (Fsp3) is 0.282. The second-order valence-corrected chi connectivity index (χ2v) is 14.1. The lowest BCUT2D eigenvalue weighted by molar-refractivity contribution is -0.288. The lowest BCUT2D eigenvalue weighted by Gasteiger charge is -2.38. The van der Waals surface area contributed by atoms with Crippen LogP contribution in [0.5, 0.6) is 0 Å². The van der Waals surface area contributed by atoms with Crippen molar-refractivity contribution < 1.29 is 71.9 Å². The number of alkyl halides is 12. The first-order valence-corrected chi connectivity index (χ1v) is 17.0. The van der Waals surface area contributed by atoms with Crippen LogP contribution in [0.3, 0.4) is 0 Å². The third-order valence-corrected chi connectivity index (χ3v) is 9.67. The minimum atomic E-state index is -6.28. The molecule has 1 N–H and O–H groups in total. The molecule has 0 bridgehead atoms. The van der Waals surface area contributed by atoms with Crippen molar-refractivity contribution in [3.8, 4) is 11.1 Å². The molecule has 2 aliphatic heterocycles. The van der Waals surface area contributed by atoms with E-state index in [1.54, 1.807) is 13.8 Å². The maximum atomic E-state index is 15.1. The Morgan fingerprint density at radius 1 is 0.483 bits per heavy atom. The van der Waals surface area contributed by atoms with Gasteiger partial charge < -0.3 is 5.32 Å². The van der Waals surface area contributed by atoms with Crippen molar-refractivity contribution in [1.29, 1.82) is 0 Å². The summed E-state index contributed by atoms with van der Waals surface area (Å²) in [5, 5.41) is 2.71. The van der Waals surface area contributed by atoms with Gasteiger partial charge in [0.2, 0.25) is 5.41 Å². The Kier molecular flexibility index (Phi) is 9.80. The first-order valence-electron chi connectivity index (χ1n) is 17.0. The fourth-order valence-electron chi connectivity index (χ4n) is 7.23. The van der Waals surface area contributed by atoms with E-state index < -0.39 is 121 Å². The van der Waals surface area contributed by atoms with Crippen molar-refractivity contribution >= 4 is 35.0 Å². The number of nitrogens with one attached hydrogen (secondary N) is 1. The van der Waals surface area contributed by atoms with Gasteiger partial charge in [-0.3, -0.25) is 24.1 Å². The van der Waals surface area contributed by atoms with Crippen LogP contribution in [0.1, 0.15) is 91.4 Å². The summed E-state index contributed by atoms with van der Waals surface area (Å²) < 4.78 is 177. The number of anilines is 2. The van der Waals surface area contributed by atoms with Crippen molar-refractivity contribution in [2.75, 3.05) is 10.2 Å². The van der Waals surface area contributed by atoms with Crippen LogP contribution >= 0.6 is 0 Å². The van der Waals surface area contributed by atoms with Gasteiger partial charge in [0.25, 0.3) is 23.6 Å². The maximum Gasteiger partial charge on any atom is 0.417 e. The number of rotatable bonds is 7. The highest BCUT2D eigenvalue weighted by Gasteiger charge is 2.73. The minimum Gasteiger partial charge on any atom is -0.383 e. The molecule has 0 radical (unpaired) electrons. The fourth-order valence-corrected chi connectivity index (χ4v) is 7.23. The molecule has 2 aliphatic rings. The molecule has 4 aromatic rings. The van der Waals surface area contributed by atoms with Crippen molar-refractivity contribution in [1.82, 2.24) is 4.90 Å². The highest BCUT2D eigenvalue weighted by atomic mass is 19.4. The zero-order valence-corrected chi connectivity index (χ0v) is 30.1. The molecule has 19 heteroatoms. The van der Waals surface area contributed by atoms with Crippen molar-refractivity contribution in [2.45, 2.75) is 69.9 Å². The first kappa shape index (κ1) is 41.7. The van der Waals surface area contributed by atoms with Crippen molar-refractivity contribution in [3.63, 3.8) is 0 Å². The molecule has 4 amide bonds. The Labute approximate surface area is 320 Å². The lowest BCUT2D eigenvalue weighted by atomic mass is 9.71. The minimum absolute atomic E-state index is 0.0385. The zero-order valence-electron chi connectivity index (χ0n) is 30.1. The first-order chi connectivity index (χ1) is 26.6. The van der Waals surface area contributed by atoms with Crippen LogP contribution in [0, 0.1) is 0 Å². The quantitative estimate of drug-likeness (QED) is 0.148. The molecule has 4 aromatic carbocycles. The van der Waals surface area contributed by atoms with Crippen molar-refractivity contribution in [2.24, 2.45) is 0 Å². The van der Waals surface area contributed by atoms with Gasteiger partial charge in [0.15, 0.2) is 0 Å². The molecule has 0 aromatic heterocycles. The van der Waals surface area contributed by atoms with Crippen LogP contribution in [-0.4, -0.2) is 53.0 Å². The molecule has 0 atom stereocenters. The standard InChI is InChI=1S/C39H27F12N3O4/c1-17(2)52-21-7-11-23(29(15-21)36(40,41)42)24-12-8-22(16-30(24)37(43,44)45)54-32(56)26-10-6-20(14-28(26)34(54)58)35(38(46,47)48,39(49,50)51)19-5-9-25-27(13-19)33(57)53(18(3)4)31(25)55/h5-18,52H,1-4H3. The average Bonchev–Trinajstić information content (AvgIpc) is 3.49. The third kappa shape index (κ3) is 6.53. The number of fused-ring (bicyclic) bond motifs is 2. The average molecular weight is 830 g/mol. The summed E-state index contributed by atoms with van der Waals surface area (Å²) in [6.45, 7) is 5.98. The molecule has 0 spiro atoms. The summed E-state index contributed by atoms with van der Waals surface area (Å²) in [4.78, 5) is 53.6. The van der Waals surface area contributed by atoms with Crippen LogP contribution in [-0.2, 0) is 17.8 Å². The Morgan fingerprint density at radius 3 is 1.36 bits per heavy atom. The highest BCUT2D eigenvalue weighted by molar-refractivity contribution is 6.34. The number of imide groups is 2. The van der Waals surface area contributed by atoms with E-state index in [4.69, 9.17) is 0 Å². The van der Waals surface area contributed by atoms with E-state index in [2.05, 4.69) is 5.32 Å². The van der Waals surface area contributed by atoms with Crippen LogP contribution in [0.25, 0.3) is 11.1 Å². The maximum absolute atomic E-state index is 15.1. The topological polar surface area (TPSA) is 86.8 Å². The molecule has 2 heterocycles. The Morgan fingerprint density at radius 2 is 0.897 bits per heavy atom. The summed E-state index contributed by atoms with van der Waals surface area (Å²) in [6.07, 6.45) is -23.2. The highest BCUT2D eigenvalue weighted by Crippen LogP contribution is 2.57. The zero-order chi connectivity index (χ0) is 43.2. The number of amides is 4. The van der Waals surface area contributed by atoms with Crippen molar-refractivity contribution in [3.05, 3.63) is 117 Å². The van der Waals surface area contributed by atoms with Gasteiger partial charge in [0.1, 0.15) is 0 Å². The van der Waals surface area contributed by atoms with Gasteiger partial charge in [-0.1, -0.05) is 24.3 Å². The summed E-state index contributed by atoms with van der Waals surface area (Å²) >= 11 is 0. The molecule has 7 nitrogen and oxygen atoms in total. The van der Waals surface area contributed by atoms with Crippen LogP contribution < -0.4 is 10.2 Å². The number of carbonyl (C=O) groups excluding carboxylic acids is 4. The molecule has 0 saturated carbocycles. The molecule has 0 saturated heterocycles. The Hall–Kier alpha value is -5.88. The molecule has 58 heavy (non-hydrogen) atoms. The normalized spacial score (nSPS) is 15.3. The van der Waals surface area contributed by atoms with E-state index in [0.29, 0.717) is 41.3 Å². The number of carbonyl (C=O) groups is 4. The van der Waals surface area contributed by atoms with Gasteiger partial charge >= 0.3 is 24.7 Å². The molecule has 0 aliphatic carbocycles. The lowest BCUT2D eigenvalue weighted by Crippen LogP contribution is -2.55. The van der Waals surface area contributed by atoms with E-state index in [1.165, 1.54) is 13.8 Å². The Balaban J connectivity index is 1.48. The van der Waals surface area contributed by atoms with Gasteiger partial charge in [0.05, 0.1) is 39.1 Å². The van der Waals surface area contributed by atoms with Gasteiger partial charge in [0, 0.05) is 17.8 Å². The molecule has 0 fully saturated rings. The molecule has 0 unspecified atom stereocenters. The largest absolute Gasteiger partial charge is 0.417 e. The number of nitrogens with zero attached hydrogens (tertiary/aromatic N) is 2. The molecular weight excluding hydrogens is 802 g/mol. The van der Waals surface area contributed by atoms with E-state index in [-0.39, 0.29) is 40.9 Å². The summed E-state index contributed by atoms with van der Waals surface area (Å²) in [7, 11) is 0. The Bertz CT molecular complexity index is 2380. The van der Waals surface area contributed by atoms with Crippen LogP contribution in [0.15, 0.2) is 72.8 Å². The predicted octanol–water partition coefficient (Wildman–Crippen LogP) is 10.4. The van der Waals surface area contributed by atoms with Gasteiger partial charge in [-0.05, 0) is 98.5 Å². The van der Waals surface area contributed by atoms with Crippen LogP contribution in [0.2, 0.25) is 0 Å². The number of benzene rings is 4. The predicted molar refractivity (Wildman–Crippen MR) is 183 cm³/mol. The number of hydrogen-bond donors (Lipinski definition) is 1. The smallest absolute Gasteiger partial charge is 0.383 e. The van der Waals surface area contributed by atoms with Gasteiger partial charge in [-0.25, -0.2) is 4.90 Å². The summed E-state index contributed by atoms with van der Waals surface area (Å²) in [5.74, 6) is -5.25. The van der Waals surface area contributed by atoms with Gasteiger partial charge in [-0.15, -0.1) is 0 Å². The monoisotopic (exact) mass is 829 g/mol. The SMILES string of the molecule is CC(C)Nc1ccc(-c2ccc(N3C(=O)c4ccc(C(c5ccc6c(c5)C(=O)N(C(C)C)C6=O)(C(F)(F)F)C(F)(F)F)cc4C3=O)cc2C(F)(F)F)c(C(F)(F)F)c1. The second kappa shape index (κ2) is 13.6. The van der Waals surface area contributed by atoms with E-state index in [0.717, 1.165) is 12.1 Å². The summed E-state index contributed by atoms with van der Waals surface area (Å²) in [6, 6.07) is 4.71. The van der Waals surface area contributed by atoms with E-state index in [9.17, 15) is 45.5 Å². The molecule has 306 valence electrons. The third-order valence-electron chi connectivity index (χ3n) is 9.67. The summed E-state index contributed by atoms with van der Waals surface area (Å²) in [5.41, 5.74) is -17.5. The molecule has 6 rings (SSSR count).